The molecule has 0 aliphatic carbocycles. The Bertz CT molecular complexity index is 252. The highest BCUT2D eigenvalue weighted by Gasteiger charge is 1.92. The summed E-state index contributed by atoms with van der Waals surface area (Å²) in [6.45, 7) is 2.14. The normalized spacial score (nSPS) is 8.73. The van der Waals surface area contributed by atoms with Gasteiger partial charge in [-0.15, -0.1) is 5.46 Å². The molecule has 0 amide bonds. The largest absolute Gasteiger partial charge is 0.889 e. The third kappa shape index (κ3) is 5.54. The van der Waals surface area contributed by atoms with Crippen molar-refractivity contribution in [2.45, 2.75) is 26.2 Å². The van der Waals surface area contributed by atoms with Crippen LogP contribution in [0.3, 0.4) is 0 Å². The zero-order chi connectivity index (χ0) is 9.68. The first-order chi connectivity index (χ1) is 6.24. The van der Waals surface area contributed by atoms with Crippen molar-refractivity contribution in [3.63, 3.8) is 0 Å². The summed E-state index contributed by atoms with van der Waals surface area (Å²) >= 11 is 0. The van der Waals surface area contributed by atoms with Crippen LogP contribution in [-0.4, -0.2) is 7.12 Å². The van der Waals surface area contributed by atoms with Gasteiger partial charge in [0.2, 0.25) is 0 Å². The second-order valence-corrected chi connectivity index (χ2v) is 3.18. The Balaban J connectivity index is 0. The first-order valence-electron chi connectivity index (χ1n) is 4.64. The first-order valence-corrected chi connectivity index (χ1v) is 4.64. The fourth-order valence-corrected chi connectivity index (χ4v) is 1.22. The monoisotopic (exact) mass is 212 g/mol. The molecular formula is C10H21BN2O2. The van der Waals surface area contributed by atoms with Crippen molar-refractivity contribution in [2.75, 3.05) is 0 Å². The molecular weight excluding hydrogens is 191 g/mol. The fraction of sp³-hybridized carbons (Fsp3) is 0.400. The number of benzene rings is 1. The van der Waals surface area contributed by atoms with Gasteiger partial charge in [-0.1, -0.05) is 44.7 Å². The molecule has 1 rings (SSSR count). The van der Waals surface area contributed by atoms with Gasteiger partial charge >= 0.3 is 0 Å². The van der Waals surface area contributed by atoms with Gasteiger partial charge in [-0.25, -0.2) is 0 Å². The molecule has 8 N–H and O–H groups in total. The molecule has 0 fully saturated rings. The minimum atomic E-state index is -1.85. The van der Waals surface area contributed by atoms with Crippen molar-refractivity contribution in [3.05, 3.63) is 29.8 Å². The minimum absolute atomic E-state index is 0. The molecule has 0 unspecified atom stereocenters. The van der Waals surface area contributed by atoms with E-state index in [1.165, 1.54) is 5.56 Å². The summed E-state index contributed by atoms with van der Waals surface area (Å²) in [5, 5.41) is 21.0. The predicted octanol–water partition coefficient (Wildman–Crippen LogP) is 0.197. The Morgan fingerprint density at radius 3 is 2.00 bits per heavy atom. The van der Waals surface area contributed by atoms with E-state index in [9.17, 15) is 10.0 Å². The zero-order valence-electron chi connectivity index (χ0n) is 9.82. The van der Waals surface area contributed by atoms with E-state index in [0.717, 1.165) is 19.3 Å². The minimum Gasteiger partial charge on any atom is -0.889 e. The Morgan fingerprint density at radius 2 is 1.60 bits per heavy atom. The van der Waals surface area contributed by atoms with E-state index in [-0.39, 0.29) is 12.3 Å². The quantitative estimate of drug-likeness (QED) is 0.692. The topological polar surface area (TPSA) is 119 Å². The second kappa shape index (κ2) is 8.43. The second-order valence-electron chi connectivity index (χ2n) is 3.18. The Labute approximate surface area is 91.6 Å². The molecule has 0 aliphatic rings. The van der Waals surface area contributed by atoms with Crippen molar-refractivity contribution >= 4 is 12.6 Å². The van der Waals surface area contributed by atoms with Gasteiger partial charge in [0.05, 0.1) is 0 Å². The van der Waals surface area contributed by atoms with Crippen LogP contribution in [-0.2, 0) is 6.42 Å². The molecule has 0 saturated heterocycles. The van der Waals surface area contributed by atoms with E-state index in [2.05, 4.69) is 6.92 Å². The molecule has 1 aromatic carbocycles. The number of quaternary nitrogens is 2. The average molecular weight is 212 g/mol. The maximum absolute atomic E-state index is 10.5. The molecule has 0 saturated carbocycles. The summed E-state index contributed by atoms with van der Waals surface area (Å²) in [5.74, 6) is 0. The average Bonchev–Trinajstić information content (AvgIpc) is 2.15. The molecule has 1 aromatic rings. The molecule has 0 radical (unpaired) electrons. The lowest BCUT2D eigenvalue weighted by Crippen LogP contribution is -2.55. The van der Waals surface area contributed by atoms with E-state index >= 15 is 0 Å². The summed E-state index contributed by atoms with van der Waals surface area (Å²) in [7, 11) is -1.85. The lowest BCUT2D eigenvalue weighted by Gasteiger charge is -2.26. The van der Waals surface area contributed by atoms with E-state index in [0.29, 0.717) is 5.46 Å². The zero-order valence-corrected chi connectivity index (χ0v) is 9.82. The molecule has 4 nitrogen and oxygen atoms in total. The number of hydrogen-bond donors (Lipinski definition) is 2. The van der Waals surface area contributed by atoms with Gasteiger partial charge in [-0.05, 0) is 18.4 Å². The van der Waals surface area contributed by atoms with Gasteiger partial charge in [-0.3, -0.25) is 0 Å². The van der Waals surface area contributed by atoms with Crippen LogP contribution >= 0.6 is 0 Å². The molecule has 0 heterocycles. The van der Waals surface area contributed by atoms with Crippen molar-refractivity contribution in [3.8, 4) is 0 Å². The molecule has 15 heavy (non-hydrogen) atoms. The molecule has 0 bridgehead atoms. The van der Waals surface area contributed by atoms with Crippen LogP contribution in [0, 0.1) is 0 Å². The van der Waals surface area contributed by atoms with Gasteiger partial charge in [0.25, 0.3) is 0 Å². The lowest BCUT2D eigenvalue weighted by atomic mass is 9.80. The molecule has 0 aromatic heterocycles. The summed E-state index contributed by atoms with van der Waals surface area (Å²) in [4.78, 5) is 0. The molecule has 5 heteroatoms. The van der Waals surface area contributed by atoms with Crippen LogP contribution in [0.15, 0.2) is 24.3 Å². The number of hydrogen-bond acceptors (Lipinski definition) is 2. The van der Waals surface area contributed by atoms with Crippen molar-refractivity contribution in [1.29, 1.82) is 0 Å². The van der Waals surface area contributed by atoms with Crippen LogP contribution < -0.4 is 27.8 Å². The molecule has 0 spiro atoms. The van der Waals surface area contributed by atoms with Gasteiger partial charge in [0.1, 0.15) is 0 Å². The highest BCUT2D eigenvalue weighted by atomic mass is 16.4. The van der Waals surface area contributed by atoms with Crippen LogP contribution in [0.1, 0.15) is 25.3 Å². The van der Waals surface area contributed by atoms with E-state index < -0.39 is 7.12 Å². The molecule has 0 aliphatic heterocycles. The van der Waals surface area contributed by atoms with Crippen molar-refractivity contribution in [2.24, 2.45) is 0 Å². The maximum atomic E-state index is 10.5. The highest BCUT2D eigenvalue weighted by molar-refractivity contribution is 6.55. The van der Waals surface area contributed by atoms with Gasteiger partial charge in [0.15, 0.2) is 0 Å². The predicted molar refractivity (Wildman–Crippen MR) is 62.4 cm³/mol. The third-order valence-electron chi connectivity index (χ3n) is 2.07. The van der Waals surface area contributed by atoms with E-state index in [1.54, 1.807) is 12.1 Å². The van der Waals surface area contributed by atoms with Crippen LogP contribution in [0.2, 0.25) is 0 Å². The van der Waals surface area contributed by atoms with Gasteiger partial charge < -0.3 is 22.3 Å². The standard InChI is InChI=1S/C10H13BO2.2H3N/c1-2-3-4-9-5-7-10(8-6-9)11(12)13;;/h5-8H,2-4H2,1H3;2*1H3/q-2;;/p+2. The summed E-state index contributed by atoms with van der Waals surface area (Å²) in [6, 6.07) is 7.01. The van der Waals surface area contributed by atoms with Gasteiger partial charge in [-0.2, -0.15) is 0 Å². The van der Waals surface area contributed by atoms with E-state index in [4.69, 9.17) is 0 Å². The molecule has 86 valence electrons. The Kier molecular flexibility index (Phi) is 9.31. The number of aryl methyl sites for hydroxylation is 1. The Hall–Kier alpha value is -0.875. The first kappa shape index (κ1) is 16.6. The highest BCUT2D eigenvalue weighted by Crippen LogP contribution is 2.02. The van der Waals surface area contributed by atoms with Crippen molar-refractivity contribution in [1.82, 2.24) is 12.3 Å². The smallest absolute Gasteiger partial charge is 0.0279 e. The van der Waals surface area contributed by atoms with Crippen molar-refractivity contribution < 1.29 is 10.0 Å². The SMILES string of the molecule is CCCCc1ccc(B([O-])[O-])cc1.[NH4+].[NH4+]. The summed E-state index contributed by atoms with van der Waals surface area (Å²) in [5.41, 5.74) is 1.53. The van der Waals surface area contributed by atoms with Gasteiger partial charge in [0, 0.05) is 0 Å². The Morgan fingerprint density at radius 1 is 1.07 bits per heavy atom. The fourth-order valence-electron chi connectivity index (χ4n) is 1.22. The third-order valence-corrected chi connectivity index (χ3v) is 2.07. The van der Waals surface area contributed by atoms with Crippen LogP contribution in [0.5, 0.6) is 0 Å². The number of rotatable bonds is 4. The van der Waals surface area contributed by atoms with Crippen LogP contribution in [0.25, 0.3) is 0 Å². The number of unbranched alkanes of at least 4 members (excludes halogenated alkanes) is 1. The maximum Gasteiger partial charge on any atom is -0.0279 e. The molecule has 0 atom stereocenters. The lowest BCUT2D eigenvalue weighted by molar-refractivity contribution is -0.341. The summed E-state index contributed by atoms with van der Waals surface area (Å²) in [6.07, 6.45) is 3.34. The summed E-state index contributed by atoms with van der Waals surface area (Å²) < 4.78 is 0. The van der Waals surface area contributed by atoms with Crippen LogP contribution in [0.4, 0.5) is 0 Å². The van der Waals surface area contributed by atoms with E-state index in [1.807, 2.05) is 12.1 Å².